The smallest absolute Gasteiger partial charge is 0.120 e. The fraction of sp³-hybridized carbons (Fsp3) is 0.158. The van der Waals surface area contributed by atoms with Gasteiger partial charge in [0.1, 0.15) is 5.75 Å². The molecule has 3 rings (SSSR count). The minimum absolute atomic E-state index is 0.338. The minimum atomic E-state index is 0.338. The van der Waals surface area contributed by atoms with E-state index in [0.29, 0.717) is 12.3 Å². The van der Waals surface area contributed by atoms with E-state index in [-0.39, 0.29) is 0 Å². The average Bonchev–Trinajstić information content (AvgIpc) is 2.52. The Morgan fingerprint density at radius 1 is 0.909 bits per heavy atom. The number of rotatable bonds is 4. The molecular weight excluding hydrogens is 294 g/mol. The first-order chi connectivity index (χ1) is 10.6. The van der Waals surface area contributed by atoms with Crippen LogP contribution in [0, 0.1) is 0 Å². The molecule has 0 spiro atoms. The van der Waals surface area contributed by atoms with Crippen molar-refractivity contribution in [2.45, 2.75) is 13.1 Å². The van der Waals surface area contributed by atoms with Crippen LogP contribution in [-0.4, -0.2) is 17.1 Å². The van der Waals surface area contributed by atoms with Gasteiger partial charge in [-0.25, -0.2) is 0 Å². The van der Waals surface area contributed by atoms with E-state index in [1.165, 1.54) is 0 Å². The maximum absolute atomic E-state index is 10.2. The van der Waals surface area contributed by atoms with E-state index < -0.39 is 0 Å². The number of halogens is 1. The predicted octanol–water partition coefficient (Wildman–Crippen LogP) is 4.83. The van der Waals surface area contributed by atoms with Crippen molar-refractivity contribution in [3.63, 3.8) is 0 Å². The third-order valence-corrected chi connectivity index (χ3v) is 4.21. The van der Waals surface area contributed by atoms with Crippen molar-refractivity contribution in [3.8, 4) is 5.75 Å². The molecule has 2 nitrogen and oxygen atoms in total. The van der Waals surface area contributed by atoms with E-state index in [4.69, 9.17) is 11.6 Å². The molecule has 22 heavy (non-hydrogen) atoms. The largest absolute Gasteiger partial charge is 0.508 e. The SMILES string of the molecule is CN(Cc1ccccc1Cl)Cc1c(O)ccc2ccccc12. The Hall–Kier alpha value is -2.03. The van der Waals surface area contributed by atoms with Gasteiger partial charge in [-0.15, -0.1) is 0 Å². The van der Waals surface area contributed by atoms with Gasteiger partial charge in [-0.2, -0.15) is 0 Å². The van der Waals surface area contributed by atoms with Crippen LogP contribution in [0.5, 0.6) is 5.75 Å². The van der Waals surface area contributed by atoms with Crippen LogP contribution in [0.1, 0.15) is 11.1 Å². The van der Waals surface area contributed by atoms with Gasteiger partial charge in [0.05, 0.1) is 0 Å². The normalized spacial score (nSPS) is 11.2. The zero-order valence-electron chi connectivity index (χ0n) is 12.5. The van der Waals surface area contributed by atoms with Crippen LogP contribution in [0.4, 0.5) is 0 Å². The summed E-state index contributed by atoms with van der Waals surface area (Å²) in [4.78, 5) is 2.16. The molecule has 3 heteroatoms. The number of aromatic hydroxyl groups is 1. The van der Waals surface area contributed by atoms with Gasteiger partial charge in [-0.1, -0.05) is 60.1 Å². The van der Waals surface area contributed by atoms with Gasteiger partial charge in [0.2, 0.25) is 0 Å². The van der Waals surface area contributed by atoms with Gasteiger partial charge in [0.25, 0.3) is 0 Å². The van der Waals surface area contributed by atoms with Gasteiger partial charge in [-0.3, -0.25) is 4.90 Å². The summed E-state index contributed by atoms with van der Waals surface area (Å²) < 4.78 is 0. The number of hydrogen-bond acceptors (Lipinski definition) is 2. The van der Waals surface area contributed by atoms with Crippen molar-refractivity contribution in [1.82, 2.24) is 4.90 Å². The van der Waals surface area contributed by atoms with Crippen molar-refractivity contribution >= 4 is 22.4 Å². The number of phenols is 1. The number of phenolic OH excluding ortho intramolecular Hbond substituents is 1. The fourth-order valence-corrected chi connectivity index (χ4v) is 2.93. The lowest BCUT2D eigenvalue weighted by Gasteiger charge is -2.19. The van der Waals surface area contributed by atoms with E-state index in [0.717, 1.165) is 33.5 Å². The van der Waals surface area contributed by atoms with Crippen LogP contribution in [0.3, 0.4) is 0 Å². The summed E-state index contributed by atoms with van der Waals surface area (Å²) in [6.07, 6.45) is 0. The number of fused-ring (bicyclic) bond motifs is 1. The Kier molecular flexibility index (Phi) is 4.32. The molecule has 0 fully saturated rings. The lowest BCUT2D eigenvalue weighted by molar-refractivity contribution is 0.314. The topological polar surface area (TPSA) is 23.5 Å². The van der Waals surface area contributed by atoms with Gasteiger partial charge >= 0.3 is 0 Å². The Bertz CT molecular complexity index is 800. The summed E-state index contributed by atoms with van der Waals surface area (Å²) in [5, 5.41) is 13.2. The first-order valence-electron chi connectivity index (χ1n) is 7.26. The molecule has 0 radical (unpaired) electrons. The highest BCUT2D eigenvalue weighted by atomic mass is 35.5. The zero-order valence-corrected chi connectivity index (χ0v) is 13.2. The second kappa shape index (κ2) is 6.39. The zero-order chi connectivity index (χ0) is 15.5. The molecule has 0 aromatic heterocycles. The molecule has 0 aliphatic carbocycles. The van der Waals surface area contributed by atoms with Crippen LogP contribution >= 0.6 is 11.6 Å². The average molecular weight is 312 g/mol. The predicted molar refractivity (Wildman–Crippen MR) is 92.2 cm³/mol. The van der Waals surface area contributed by atoms with Gasteiger partial charge in [-0.05, 0) is 35.5 Å². The Labute approximate surface area is 135 Å². The molecule has 0 amide bonds. The highest BCUT2D eigenvalue weighted by Crippen LogP contribution is 2.28. The summed E-state index contributed by atoms with van der Waals surface area (Å²) in [5.41, 5.74) is 2.04. The first-order valence-corrected chi connectivity index (χ1v) is 7.64. The van der Waals surface area contributed by atoms with Crippen molar-refractivity contribution in [2.75, 3.05) is 7.05 Å². The molecule has 3 aromatic carbocycles. The molecule has 1 N–H and O–H groups in total. The van der Waals surface area contributed by atoms with Gasteiger partial charge < -0.3 is 5.11 Å². The molecule has 0 aliphatic heterocycles. The van der Waals surface area contributed by atoms with Crippen LogP contribution in [0.25, 0.3) is 10.8 Å². The van der Waals surface area contributed by atoms with Crippen molar-refractivity contribution in [2.24, 2.45) is 0 Å². The molecule has 0 aliphatic rings. The van der Waals surface area contributed by atoms with Crippen LogP contribution in [0.2, 0.25) is 5.02 Å². The van der Waals surface area contributed by atoms with E-state index >= 15 is 0 Å². The Morgan fingerprint density at radius 2 is 1.64 bits per heavy atom. The van der Waals surface area contributed by atoms with Gasteiger partial charge in [0.15, 0.2) is 0 Å². The number of nitrogens with zero attached hydrogens (tertiary/aromatic N) is 1. The minimum Gasteiger partial charge on any atom is -0.508 e. The molecule has 0 unspecified atom stereocenters. The molecule has 0 heterocycles. The summed E-state index contributed by atoms with van der Waals surface area (Å²) >= 11 is 6.22. The molecule has 0 atom stereocenters. The van der Waals surface area contributed by atoms with Crippen LogP contribution in [0.15, 0.2) is 60.7 Å². The lowest BCUT2D eigenvalue weighted by atomic mass is 10.0. The first kappa shape index (κ1) is 14.9. The number of benzene rings is 3. The molecule has 0 saturated carbocycles. The van der Waals surface area contributed by atoms with Crippen molar-refractivity contribution < 1.29 is 5.11 Å². The molecular formula is C19H18ClNO. The standard InChI is InChI=1S/C19H18ClNO/c1-21(12-15-7-3-5-9-18(15)20)13-17-16-8-4-2-6-14(16)10-11-19(17)22/h2-11,22H,12-13H2,1H3. The second-order valence-corrected chi connectivity index (χ2v) is 5.96. The second-order valence-electron chi connectivity index (χ2n) is 5.55. The van der Waals surface area contributed by atoms with Crippen molar-refractivity contribution in [3.05, 3.63) is 76.8 Å². The summed E-state index contributed by atoms with van der Waals surface area (Å²) in [6.45, 7) is 1.40. The third kappa shape index (κ3) is 3.08. The monoisotopic (exact) mass is 311 g/mol. The highest BCUT2D eigenvalue weighted by Gasteiger charge is 2.11. The third-order valence-electron chi connectivity index (χ3n) is 3.84. The summed E-state index contributed by atoms with van der Waals surface area (Å²) in [5.74, 6) is 0.338. The van der Waals surface area contributed by atoms with Crippen LogP contribution in [-0.2, 0) is 13.1 Å². The highest BCUT2D eigenvalue weighted by molar-refractivity contribution is 6.31. The molecule has 112 valence electrons. The molecule has 0 bridgehead atoms. The number of hydrogen-bond donors (Lipinski definition) is 1. The van der Waals surface area contributed by atoms with Crippen LogP contribution < -0.4 is 0 Å². The Morgan fingerprint density at radius 3 is 2.45 bits per heavy atom. The quantitative estimate of drug-likeness (QED) is 0.746. The lowest BCUT2D eigenvalue weighted by Crippen LogP contribution is -2.17. The van der Waals surface area contributed by atoms with E-state index in [9.17, 15) is 5.11 Å². The summed E-state index contributed by atoms with van der Waals surface area (Å²) in [6, 6.07) is 19.7. The maximum atomic E-state index is 10.2. The van der Waals surface area contributed by atoms with E-state index in [1.807, 2.05) is 55.6 Å². The Balaban J connectivity index is 1.87. The molecule has 3 aromatic rings. The fourth-order valence-electron chi connectivity index (χ4n) is 2.73. The maximum Gasteiger partial charge on any atom is 0.120 e. The van der Waals surface area contributed by atoms with E-state index in [2.05, 4.69) is 11.0 Å². The molecule has 0 saturated heterocycles. The van der Waals surface area contributed by atoms with Gasteiger partial charge in [0, 0.05) is 23.7 Å². The van der Waals surface area contributed by atoms with Crippen molar-refractivity contribution in [1.29, 1.82) is 0 Å². The van der Waals surface area contributed by atoms with E-state index in [1.54, 1.807) is 6.07 Å². The summed E-state index contributed by atoms with van der Waals surface area (Å²) in [7, 11) is 2.03.